The van der Waals surface area contributed by atoms with Gasteiger partial charge in [-0.2, -0.15) is 5.10 Å². The zero-order valence-electron chi connectivity index (χ0n) is 19.4. The average molecular weight is 480 g/mol. The van der Waals surface area contributed by atoms with Crippen LogP contribution in [0.3, 0.4) is 0 Å². The van der Waals surface area contributed by atoms with Crippen molar-refractivity contribution in [2.75, 3.05) is 18.1 Å². The smallest absolute Gasteiger partial charge is 0.277 e. The fourth-order valence-electron chi connectivity index (χ4n) is 3.89. The normalized spacial score (nSPS) is 14.2. The summed E-state index contributed by atoms with van der Waals surface area (Å²) in [6.07, 6.45) is 1.69. The average Bonchev–Trinajstić information content (AvgIpc) is 3.44. The van der Waals surface area contributed by atoms with Crippen LogP contribution in [-0.4, -0.2) is 34.8 Å². The number of rotatable bonds is 7. The molecule has 1 fully saturated rings. The highest BCUT2D eigenvalue weighted by Gasteiger charge is 2.18. The summed E-state index contributed by atoms with van der Waals surface area (Å²) in [7, 11) is 0. The molecule has 1 aliphatic heterocycles. The number of benzene rings is 2. The fraction of sp³-hybridized carbons (Fsp3) is 0.308. The number of ether oxygens (including phenoxy) is 1. The van der Waals surface area contributed by atoms with E-state index in [2.05, 4.69) is 79.2 Å². The largest absolute Gasteiger partial charge is 0.484 e. The Balaban J connectivity index is 1.33. The third-order valence-electron chi connectivity index (χ3n) is 5.82. The zero-order valence-corrected chi connectivity index (χ0v) is 21.1. The Labute approximate surface area is 204 Å². The van der Waals surface area contributed by atoms with Gasteiger partial charge in [0.25, 0.3) is 5.91 Å². The highest BCUT2D eigenvalue weighted by Crippen LogP contribution is 2.45. The zero-order chi connectivity index (χ0) is 23.4. The van der Waals surface area contributed by atoms with Crippen molar-refractivity contribution in [3.63, 3.8) is 0 Å². The monoisotopic (exact) mass is 479 g/mol. The highest BCUT2D eigenvalue weighted by molar-refractivity contribution is 8.19. The molecule has 0 saturated carbocycles. The predicted molar refractivity (Wildman–Crippen MR) is 140 cm³/mol. The van der Waals surface area contributed by atoms with Crippen LogP contribution in [0.2, 0.25) is 0 Å². The molecule has 2 aromatic carbocycles. The molecular weight excluding hydrogens is 450 g/mol. The van der Waals surface area contributed by atoms with Crippen molar-refractivity contribution in [2.24, 2.45) is 5.10 Å². The third-order valence-corrected chi connectivity index (χ3v) is 8.93. The summed E-state index contributed by atoms with van der Waals surface area (Å²) in [5, 5.41) is 4.15. The van der Waals surface area contributed by atoms with Crippen molar-refractivity contribution < 1.29 is 9.53 Å². The summed E-state index contributed by atoms with van der Waals surface area (Å²) in [6, 6.07) is 16.4. The van der Waals surface area contributed by atoms with Crippen molar-refractivity contribution in [3.8, 4) is 11.4 Å². The van der Waals surface area contributed by atoms with Gasteiger partial charge in [-0.05, 0) is 68.7 Å². The number of carbonyl (C=O) groups excluding carboxylic acids is 1. The molecule has 7 heteroatoms. The second-order valence-electron chi connectivity index (χ2n) is 8.11. The van der Waals surface area contributed by atoms with E-state index in [1.54, 1.807) is 6.21 Å². The van der Waals surface area contributed by atoms with Crippen LogP contribution >= 0.6 is 23.5 Å². The molecule has 1 N–H and O–H groups in total. The van der Waals surface area contributed by atoms with E-state index in [1.165, 1.54) is 33.9 Å². The van der Waals surface area contributed by atoms with E-state index in [9.17, 15) is 4.79 Å². The number of carbonyl (C=O) groups is 1. The van der Waals surface area contributed by atoms with Crippen molar-refractivity contribution >= 4 is 35.6 Å². The maximum Gasteiger partial charge on any atom is 0.277 e. The molecule has 172 valence electrons. The first-order chi connectivity index (χ1) is 15.9. The van der Waals surface area contributed by atoms with Gasteiger partial charge in [-0.15, -0.1) is 23.5 Å². The number of hydrogen-bond donors (Lipinski definition) is 1. The number of nitrogens with one attached hydrogen (secondary N) is 1. The molecule has 0 spiro atoms. The van der Waals surface area contributed by atoms with E-state index in [4.69, 9.17) is 4.74 Å². The van der Waals surface area contributed by atoms with Crippen molar-refractivity contribution in [1.29, 1.82) is 0 Å². The van der Waals surface area contributed by atoms with E-state index in [0.29, 0.717) is 10.3 Å². The van der Waals surface area contributed by atoms with Crippen LogP contribution in [0.5, 0.6) is 5.75 Å². The summed E-state index contributed by atoms with van der Waals surface area (Å²) in [5.74, 6) is 2.79. The summed E-state index contributed by atoms with van der Waals surface area (Å²) in [6.45, 7) is 8.32. The lowest BCUT2D eigenvalue weighted by Gasteiger charge is -2.14. The van der Waals surface area contributed by atoms with E-state index in [1.807, 2.05) is 35.7 Å². The lowest BCUT2D eigenvalue weighted by atomic mass is 10.1. The van der Waals surface area contributed by atoms with Gasteiger partial charge >= 0.3 is 0 Å². The van der Waals surface area contributed by atoms with Gasteiger partial charge in [0.05, 0.1) is 10.8 Å². The molecule has 4 rings (SSSR count). The molecule has 2 heterocycles. The first-order valence-corrected chi connectivity index (χ1v) is 13.1. The van der Waals surface area contributed by atoms with Gasteiger partial charge in [-0.25, -0.2) is 5.43 Å². The van der Waals surface area contributed by atoms with Crippen LogP contribution < -0.4 is 10.2 Å². The number of hydrazone groups is 1. The lowest BCUT2D eigenvalue weighted by Crippen LogP contribution is -2.24. The molecule has 0 unspecified atom stereocenters. The summed E-state index contributed by atoms with van der Waals surface area (Å²) < 4.78 is 8.34. The summed E-state index contributed by atoms with van der Waals surface area (Å²) in [4.78, 5) is 12.2. The number of nitrogens with zero attached hydrogens (tertiary/aromatic N) is 2. The first kappa shape index (κ1) is 23.5. The van der Waals surface area contributed by atoms with Gasteiger partial charge in [-0.3, -0.25) is 4.79 Å². The molecule has 3 aromatic rings. The molecule has 33 heavy (non-hydrogen) atoms. The SMILES string of the molecule is Cc1cccc(-n2c(C)cc(/C=N\NC(=O)COc3ccc(C4SCCS4)cc3)c2C)c1C. The Morgan fingerprint density at radius 1 is 1.12 bits per heavy atom. The predicted octanol–water partition coefficient (Wildman–Crippen LogP) is 5.72. The minimum absolute atomic E-state index is 0.0783. The summed E-state index contributed by atoms with van der Waals surface area (Å²) >= 11 is 3.94. The first-order valence-electron chi connectivity index (χ1n) is 11.0. The number of amides is 1. The van der Waals surface area contributed by atoms with E-state index >= 15 is 0 Å². The number of thioether (sulfide) groups is 2. The second-order valence-corrected chi connectivity index (χ2v) is 10.8. The molecular formula is C26H29N3O2S2. The molecule has 1 saturated heterocycles. The van der Waals surface area contributed by atoms with Crippen molar-refractivity contribution in [3.05, 3.63) is 82.2 Å². The molecule has 0 bridgehead atoms. The Morgan fingerprint density at radius 2 is 1.85 bits per heavy atom. The topological polar surface area (TPSA) is 55.6 Å². The van der Waals surface area contributed by atoms with E-state index in [0.717, 1.165) is 17.0 Å². The molecule has 5 nitrogen and oxygen atoms in total. The Morgan fingerprint density at radius 3 is 2.58 bits per heavy atom. The van der Waals surface area contributed by atoms with Gasteiger partial charge in [0.15, 0.2) is 6.61 Å². The molecule has 1 aliphatic rings. The van der Waals surface area contributed by atoms with Gasteiger partial charge in [0.1, 0.15) is 5.75 Å². The van der Waals surface area contributed by atoms with Crippen LogP contribution in [0.4, 0.5) is 0 Å². The molecule has 0 atom stereocenters. The lowest BCUT2D eigenvalue weighted by molar-refractivity contribution is -0.123. The summed E-state index contributed by atoms with van der Waals surface area (Å²) in [5.41, 5.74) is 10.7. The van der Waals surface area contributed by atoms with Crippen LogP contribution in [0.25, 0.3) is 5.69 Å². The Bertz CT molecular complexity index is 1160. The fourth-order valence-corrected chi connectivity index (χ4v) is 6.75. The number of hydrogen-bond acceptors (Lipinski definition) is 5. The minimum Gasteiger partial charge on any atom is -0.484 e. The van der Waals surface area contributed by atoms with Crippen LogP contribution in [0.15, 0.2) is 53.6 Å². The van der Waals surface area contributed by atoms with Crippen LogP contribution in [-0.2, 0) is 4.79 Å². The van der Waals surface area contributed by atoms with E-state index in [-0.39, 0.29) is 12.5 Å². The molecule has 1 aromatic heterocycles. The second kappa shape index (κ2) is 10.5. The van der Waals surface area contributed by atoms with Gasteiger partial charge < -0.3 is 9.30 Å². The highest BCUT2D eigenvalue weighted by atomic mass is 32.2. The standard InChI is InChI=1S/C26H29N3O2S2/c1-17-6-5-7-24(19(17)3)29-18(2)14-22(20(29)4)15-27-28-25(30)16-31-23-10-8-21(9-11-23)26-32-12-13-33-26/h5-11,14-15,26H,12-13,16H2,1-4H3,(H,28,30)/b27-15-. The van der Waals surface area contributed by atoms with Crippen LogP contribution in [0.1, 0.15) is 38.2 Å². The van der Waals surface area contributed by atoms with Crippen molar-refractivity contribution in [2.45, 2.75) is 32.3 Å². The Hall–Kier alpha value is -2.64. The Kier molecular flexibility index (Phi) is 7.50. The molecule has 1 amide bonds. The quantitative estimate of drug-likeness (QED) is 0.348. The van der Waals surface area contributed by atoms with Crippen molar-refractivity contribution in [1.82, 2.24) is 9.99 Å². The third kappa shape index (κ3) is 5.47. The minimum atomic E-state index is -0.291. The van der Waals surface area contributed by atoms with Gasteiger partial charge in [0.2, 0.25) is 0 Å². The maximum atomic E-state index is 12.2. The molecule has 0 radical (unpaired) electrons. The van der Waals surface area contributed by atoms with Gasteiger partial charge in [0, 0.05) is 34.1 Å². The number of aromatic nitrogens is 1. The number of aryl methyl sites for hydroxylation is 2. The van der Waals surface area contributed by atoms with Crippen LogP contribution in [0, 0.1) is 27.7 Å². The molecule has 0 aliphatic carbocycles. The van der Waals surface area contributed by atoms with E-state index < -0.39 is 0 Å². The van der Waals surface area contributed by atoms with Gasteiger partial charge in [-0.1, -0.05) is 24.3 Å². The maximum absolute atomic E-state index is 12.2.